The molecule has 5 nitrogen and oxygen atoms in total. The van der Waals surface area contributed by atoms with Crippen LogP contribution in [0.15, 0.2) is 43.2 Å². The van der Waals surface area contributed by atoms with Gasteiger partial charge in [0.1, 0.15) is 5.82 Å². The Labute approximate surface area is 142 Å². The molecule has 5 heteroatoms. The van der Waals surface area contributed by atoms with E-state index in [2.05, 4.69) is 16.9 Å². The van der Waals surface area contributed by atoms with E-state index in [0.29, 0.717) is 0 Å². The summed E-state index contributed by atoms with van der Waals surface area (Å²) >= 11 is 0. The number of nitrogens with one attached hydrogen (secondary N) is 1. The maximum atomic E-state index is 12.3. The second kappa shape index (κ2) is 6.15. The van der Waals surface area contributed by atoms with E-state index in [1.165, 1.54) is 0 Å². The van der Waals surface area contributed by atoms with Crippen molar-refractivity contribution in [3.05, 3.63) is 60.2 Å². The van der Waals surface area contributed by atoms with E-state index in [-0.39, 0.29) is 6.10 Å². The second-order valence-electron chi connectivity index (χ2n) is 6.77. The lowest BCUT2D eigenvalue weighted by Gasteiger charge is -2.27. The molecule has 0 unspecified atom stereocenters. The van der Waals surface area contributed by atoms with Gasteiger partial charge in [0.2, 0.25) is 0 Å². The molecule has 3 rings (SSSR count). The second-order valence-corrected chi connectivity index (χ2v) is 6.77. The SMILES string of the molecule is C=C(C)c1ccc(C(C)(C)NC(=O)O[C@H]2CCn3ccnc32)cc1. The minimum Gasteiger partial charge on any atom is -0.438 e. The predicted molar refractivity (Wildman–Crippen MR) is 93.4 cm³/mol. The van der Waals surface area contributed by atoms with Gasteiger partial charge in [0.05, 0.1) is 5.54 Å². The molecule has 24 heavy (non-hydrogen) atoms. The van der Waals surface area contributed by atoms with Crippen LogP contribution in [0.25, 0.3) is 5.57 Å². The number of hydrogen-bond donors (Lipinski definition) is 1. The van der Waals surface area contributed by atoms with E-state index >= 15 is 0 Å². The number of rotatable bonds is 4. The largest absolute Gasteiger partial charge is 0.438 e. The molecule has 0 saturated carbocycles. The highest BCUT2D eigenvalue weighted by Gasteiger charge is 2.30. The van der Waals surface area contributed by atoms with Crippen LogP contribution in [-0.4, -0.2) is 15.6 Å². The van der Waals surface area contributed by atoms with Crippen LogP contribution in [0.2, 0.25) is 0 Å². The zero-order valence-electron chi connectivity index (χ0n) is 14.4. The summed E-state index contributed by atoms with van der Waals surface area (Å²) in [6, 6.07) is 8.04. The van der Waals surface area contributed by atoms with Gasteiger partial charge >= 0.3 is 6.09 Å². The van der Waals surface area contributed by atoms with Crippen molar-refractivity contribution in [2.75, 3.05) is 0 Å². The van der Waals surface area contributed by atoms with Crippen molar-refractivity contribution in [1.29, 1.82) is 0 Å². The van der Waals surface area contributed by atoms with E-state index in [4.69, 9.17) is 4.74 Å². The van der Waals surface area contributed by atoms with Crippen LogP contribution >= 0.6 is 0 Å². The first-order chi connectivity index (χ1) is 11.4. The van der Waals surface area contributed by atoms with Crippen LogP contribution < -0.4 is 5.32 Å². The smallest absolute Gasteiger partial charge is 0.408 e. The molecule has 1 N–H and O–H groups in total. The summed E-state index contributed by atoms with van der Waals surface area (Å²) in [7, 11) is 0. The van der Waals surface area contributed by atoms with Gasteiger partial charge in [0.15, 0.2) is 6.10 Å². The van der Waals surface area contributed by atoms with Crippen LogP contribution in [0.1, 0.15) is 50.2 Å². The van der Waals surface area contributed by atoms with E-state index in [0.717, 1.165) is 35.5 Å². The van der Waals surface area contributed by atoms with Gasteiger partial charge in [-0.05, 0) is 31.9 Å². The lowest BCUT2D eigenvalue weighted by Crippen LogP contribution is -2.41. The van der Waals surface area contributed by atoms with Crippen LogP contribution in [0.5, 0.6) is 0 Å². The first-order valence-electron chi connectivity index (χ1n) is 8.13. The Morgan fingerprint density at radius 1 is 1.38 bits per heavy atom. The molecule has 126 valence electrons. The van der Waals surface area contributed by atoms with Crippen molar-refractivity contribution in [1.82, 2.24) is 14.9 Å². The molecule has 1 aliphatic rings. The highest BCUT2D eigenvalue weighted by Crippen LogP contribution is 2.28. The van der Waals surface area contributed by atoms with Gasteiger partial charge in [-0.1, -0.05) is 36.4 Å². The lowest BCUT2D eigenvalue weighted by molar-refractivity contribution is 0.0884. The zero-order chi connectivity index (χ0) is 17.3. The van der Waals surface area contributed by atoms with E-state index in [1.807, 2.05) is 55.8 Å². The molecule has 0 spiro atoms. The number of fused-ring (bicyclic) bond motifs is 1. The summed E-state index contributed by atoms with van der Waals surface area (Å²) in [6.45, 7) is 10.7. The third kappa shape index (κ3) is 3.20. The normalized spacial score (nSPS) is 16.5. The van der Waals surface area contributed by atoms with Crippen molar-refractivity contribution in [3.8, 4) is 0 Å². The number of hydrogen-bond acceptors (Lipinski definition) is 3. The molecule has 0 radical (unpaired) electrons. The topological polar surface area (TPSA) is 56.1 Å². The van der Waals surface area contributed by atoms with Crippen LogP contribution in [-0.2, 0) is 16.8 Å². The fraction of sp³-hybridized carbons (Fsp3) is 0.368. The van der Waals surface area contributed by atoms with Gasteiger partial charge in [-0.2, -0.15) is 0 Å². The van der Waals surface area contributed by atoms with Gasteiger partial charge in [-0.3, -0.25) is 0 Å². The quantitative estimate of drug-likeness (QED) is 0.923. The van der Waals surface area contributed by atoms with E-state index in [1.54, 1.807) is 6.20 Å². The Morgan fingerprint density at radius 3 is 2.75 bits per heavy atom. The number of carbonyl (C=O) groups excluding carboxylic acids is 1. The molecule has 1 amide bonds. The van der Waals surface area contributed by atoms with Gasteiger partial charge in [0, 0.05) is 25.4 Å². The van der Waals surface area contributed by atoms with Crippen molar-refractivity contribution < 1.29 is 9.53 Å². The Kier molecular flexibility index (Phi) is 4.18. The average Bonchev–Trinajstić information content (AvgIpc) is 3.12. The summed E-state index contributed by atoms with van der Waals surface area (Å²) < 4.78 is 7.58. The molecule has 1 atom stereocenters. The molecule has 1 aromatic heterocycles. The Balaban J connectivity index is 1.65. The number of aromatic nitrogens is 2. The fourth-order valence-corrected chi connectivity index (χ4v) is 2.95. The highest BCUT2D eigenvalue weighted by atomic mass is 16.6. The van der Waals surface area contributed by atoms with Crippen molar-refractivity contribution >= 4 is 11.7 Å². The molecule has 0 fully saturated rings. The molecular weight excluding hydrogens is 302 g/mol. The third-order valence-electron chi connectivity index (χ3n) is 4.43. The van der Waals surface area contributed by atoms with Crippen molar-refractivity contribution in [3.63, 3.8) is 0 Å². The number of amides is 1. The molecule has 0 bridgehead atoms. The van der Waals surface area contributed by atoms with E-state index in [9.17, 15) is 4.79 Å². The lowest BCUT2D eigenvalue weighted by atomic mass is 9.93. The van der Waals surface area contributed by atoms with Crippen LogP contribution in [0, 0.1) is 0 Å². The Morgan fingerprint density at radius 2 is 2.08 bits per heavy atom. The van der Waals surface area contributed by atoms with Crippen molar-refractivity contribution in [2.24, 2.45) is 0 Å². The fourth-order valence-electron chi connectivity index (χ4n) is 2.95. The maximum Gasteiger partial charge on any atom is 0.408 e. The minimum absolute atomic E-state index is 0.276. The summed E-state index contributed by atoms with van der Waals surface area (Å²) in [5, 5.41) is 2.95. The first-order valence-corrected chi connectivity index (χ1v) is 8.13. The zero-order valence-corrected chi connectivity index (χ0v) is 14.4. The number of benzene rings is 1. The van der Waals surface area contributed by atoms with Gasteiger partial charge < -0.3 is 14.6 Å². The monoisotopic (exact) mass is 325 g/mol. The highest BCUT2D eigenvalue weighted by molar-refractivity contribution is 5.69. The first kappa shape index (κ1) is 16.3. The summed E-state index contributed by atoms with van der Waals surface area (Å²) in [4.78, 5) is 16.6. The van der Waals surface area contributed by atoms with Crippen molar-refractivity contribution in [2.45, 2.75) is 45.4 Å². The molecule has 0 saturated heterocycles. The Bertz CT molecular complexity index is 759. The summed E-state index contributed by atoms with van der Waals surface area (Å²) in [6.07, 6.45) is 3.70. The van der Waals surface area contributed by atoms with Gasteiger partial charge in [0.25, 0.3) is 0 Å². The number of allylic oxidation sites excluding steroid dienone is 1. The third-order valence-corrected chi connectivity index (χ3v) is 4.43. The number of aryl methyl sites for hydroxylation is 1. The average molecular weight is 325 g/mol. The molecular formula is C19H23N3O2. The van der Waals surface area contributed by atoms with Crippen LogP contribution in [0.4, 0.5) is 4.79 Å². The van der Waals surface area contributed by atoms with Crippen LogP contribution in [0.3, 0.4) is 0 Å². The molecule has 0 aliphatic carbocycles. The number of carbonyl (C=O) groups is 1. The maximum absolute atomic E-state index is 12.3. The minimum atomic E-state index is -0.529. The number of nitrogens with zero attached hydrogens (tertiary/aromatic N) is 2. The van der Waals surface area contributed by atoms with Gasteiger partial charge in [-0.15, -0.1) is 0 Å². The summed E-state index contributed by atoms with van der Waals surface area (Å²) in [5.41, 5.74) is 2.59. The Hall–Kier alpha value is -2.56. The molecule has 2 aromatic rings. The molecule has 1 aromatic carbocycles. The number of ether oxygens (including phenoxy) is 1. The van der Waals surface area contributed by atoms with E-state index < -0.39 is 11.6 Å². The predicted octanol–water partition coefficient (Wildman–Crippen LogP) is 4.02. The summed E-state index contributed by atoms with van der Waals surface area (Å²) in [5.74, 6) is 0.814. The number of imidazole rings is 1. The molecule has 2 heterocycles. The molecule has 1 aliphatic heterocycles. The van der Waals surface area contributed by atoms with Gasteiger partial charge in [-0.25, -0.2) is 9.78 Å². The number of alkyl carbamates (subject to hydrolysis) is 1. The standard InChI is InChI=1S/C19H23N3O2/c1-13(2)14-5-7-15(8-6-14)19(3,4)21-18(23)24-16-9-11-22-12-10-20-17(16)22/h5-8,10,12,16H,1,9,11H2,2-4H3,(H,21,23)/t16-/m0/s1.